The summed E-state index contributed by atoms with van der Waals surface area (Å²) < 4.78 is 1.58. The van der Waals surface area contributed by atoms with Gasteiger partial charge >= 0.3 is 128 Å². The molecule has 2 aromatic carbocycles. The summed E-state index contributed by atoms with van der Waals surface area (Å²) in [7, 11) is 0. The molecule has 0 saturated carbocycles. The van der Waals surface area contributed by atoms with Gasteiger partial charge in [-0.15, -0.1) is 0 Å². The van der Waals surface area contributed by atoms with E-state index < -0.39 is 5.51 Å². The molecular formula is C16H13PSe2. The first kappa shape index (κ1) is 13.4. The van der Waals surface area contributed by atoms with E-state index in [1.165, 1.54) is 10.6 Å². The van der Waals surface area contributed by atoms with Crippen molar-refractivity contribution in [2.45, 2.75) is 0 Å². The minimum atomic E-state index is -1.52. The van der Waals surface area contributed by atoms with Crippen molar-refractivity contribution in [3.05, 3.63) is 77.7 Å². The second-order valence-electron chi connectivity index (χ2n) is 4.23. The predicted octanol–water partition coefficient (Wildman–Crippen LogP) is 2.12. The molecule has 0 N–H and O–H groups in total. The van der Waals surface area contributed by atoms with Gasteiger partial charge in [-0.3, -0.25) is 0 Å². The Kier molecular flexibility index (Phi) is 4.08. The second kappa shape index (κ2) is 5.80. The normalized spacial score (nSPS) is 11.4. The number of hydrogen-bond donors (Lipinski definition) is 0. The predicted molar refractivity (Wildman–Crippen MR) is 87.8 cm³/mol. The Bertz CT molecular complexity index is 645. The molecule has 0 amide bonds. The summed E-state index contributed by atoms with van der Waals surface area (Å²) in [4.78, 5) is 2.31. The standard InChI is InChI=1S/C16H13PSe2/c18-17(16-12-7-13-19-16,14-8-3-1-4-9-14)15-10-5-2-6-11-15/h1-13H. The van der Waals surface area contributed by atoms with Crippen molar-refractivity contribution in [2.24, 2.45) is 0 Å². The Morgan fingerprint density at radius 2 is 1.21 bits per heavy atom. The van der Waals surface area contributed by atoms with Crippen LogP contribution >= 0.6 is 5.51 Å². The van der Waals surface area contributed by atoms with Crippen molar-refractivity contribution in [3.63, 3.8) is 0 Å². The first-order valence-electron chi connectivity index (χ1n) is 6.07. The monoisotopic (exact) mass is 396 g/mol. The first-order valence-corrected chi connectivity index (χ1v) is 11.9. The second-order valence-corrected chi connectivity index (χ2v) is 13.1. The van der Waals surface area contributed by atoms with Crippen molar-refractivity contribution in [1.82, 2.24) is 0 Å². The van der Waals surface area contributed by atoms with Gasteiger partial charge in [0.25, 0.3) is 0 Å². The molecule has 1 heterocycles. The zero-order chi connectivity index (χ0) is 13.1. The summed E-state index contributed by atoms with van der Waals surface area (Å²) >= 11 is 4.06. The molecule has 0 aliphatic heterocycles. The van der Waals surface area contributed by atoms with Crippen LogP contribution in [0.1, 0.15) is 0 Å². The topological polar surface area (TPSA) is 0 Å². The van der Waals surface area contributed by atoms with Crippen LogP contribution in [0, 0.1) is 0 Å². The molecule has 0 fully saturated rings. The maximum absolute atomic E-state index is 3.58. The average molecular weight is 394 g/mol. The summed E-state index contributed by atoms with van der Waals surface area (Å²) in [6.07, 6.45) is 0. The SMILES string of the molecule is [Se]=P(c1ccccc1)(c1ccccc1)c1ccc[se]1. The zero-order valence-electron chi connectivity index (χ0n) is 10.3. The van der Waals surface area contributed by atoms with Crippen molar-refractivity contribution in [2.75, 3.05) is 0 Å². The van der Waals surface area contributed by atoms with Crippen LogP contribution in [0.5, 0.6) is 0 Å². The molecule has 19 heavy (non-hydrogen) atoms. The molecule has 0 saturated heterocycles. The van der Waals surface area contributed by atoms with Gasteiger partial charge in [-0.25, -0.2) is 0 Å². The van der Waals surface area contributed by atoms with Crippen molar-refractivity contribution < 1.29 is 0 Å². The van der Waals surface area contributed by atoms with Crippen LogP contribution in [-0.4, -0.2) is 29.6 Å². The van der Waals surface area contributed by atoms with E-state index in [2.05, 4.69) is 92.8 Å². The van der Waals surface area contributed by atoms with Crippen LogP contribution in [0.4, 0.5) is 0 Å². The van der Waals surface area contributed by atoms with Crippen LogP contribution < -0.4 is 14.8 Å². The summed E-state index contributed by atoms with van der Waals surface area (Å²) in [6.45, 7) is 0. The molecule has 0 spiro atoms. The molecule has 3 heteroatoms. The molecule has 0 unspecified atom stereocenters. The van der Waals surface area contributed by atoms with E-state index in [1.54, 1.807) is 4.18 Å². The fraction of sp³-hybridized carbons (Fsp3) is 0. The average Bonchev–Trinajstić information content (AvgIpc) is 3.03. The third kappa shape index (κ3) is 2.52. The molecule has 0 nitrogen and oxygen atoms in total. The van der Waals surface area contributed by atoms with Gasteiger partial charge < -0.3 is 0 Å². The Balaban J connectivity index is 2.26. The van der Waals surface area contributed by atoms with Gasteiger partial charge in [0.1, 0.15) is 0 Å². The summed E-state index contributed by atoms with van der Waals surface area (Å²) in [6, 6.07) is 26.3. The quantitative estimate of drug-likeness (QED) is 0.472. The molecular weight excluding hydrogens is 381 g/mol. The zero-order valence-corrected chi connectivity index (χ0v) is 14.6. The van der Waals surface area contributed by atoms with E-state index in [-0.39, 0.29) is 0 Å². The van der Waals surface area contributed by atoms with E-state index in [0.29, 0.717) is 14.5 Å². The van der Waals surface area contributed by atoms with Crippen LogP contribution in [0.3, 0.4) is 0 Å². The van der Waals surface area contributed by atoms with Crippen molar-refractivity contribution in [1.29, 1.82) is 0 Å². The summed E-state index contributed by atoms with van der Waals surface area (Å²) in [5, 5.41) is 2.86. The van der Waals surface area contributed by atoms with E-state index in [4.69, 9.17) is 0 Å². The maximum atomic E-state index is 3.58. The van der Waals surface area contributed by atoms with Crippen molar-refractivity contribution in [3.8, 4) is 0 Å². The van der Waals surface area contributed by atoms with Crippen LogP contribution in [0.15, 0.2) is 77.7 Å². The third-order valence-electron chi connectivity index (χ3n) is 3.06. The Labute approximate surface area is 127 Å². The Morgan fingerprint density at radius 1 is 0.684 bits per heavy atom. The fourth-order valence-electron chi connectivity index (χ4n) is 2.13. The first-order chi connectivity index (χ1) is 9.32. The van der Waals surface area contributed by atoms with E-state index in [1.807, 2.05) is 0 Å². The van der Waals surface area contributed by atoms with Crippen LogP contribution in [0.25, 0.3) is 0 Å². The molecule has 0 aliphatic carbocycles. The van der Waals surface area contributed by atoms with Gasteiger partial charge in [0, 0.05) is 0 Å². The van der Waals surface area contributed by atoms with E-state index >= 15 is 0 Å². The van der Waals surface area contributed by atoms with E-state index in [9.17, 15) is 0 Å². The molecule has 0 aliphatic rings. The van der Waals surface area contributed by atoms with Crippen LogP contribution in [0.2, 0.25) is 0 Å². The number of rotatable bonds is 3. The molecule has 1 aromatic heterocycles. The minimum absolute atomic E-state index is 0.477. The van der Waals surface area contributed by atoms with Gasteiger partial charge in [0.15, 0.2) is 0 Å². The van der Waals surface area contributed by atoms with Gasteiger partial charge in [0.05, 0.1) is 0 Å². The van der Waals surface area contributed by atoms with Gasteiger partial charge in [0.2, 0.25) is 0 Å². The summed E-state index contributed by atoms with van der Waals surface area (Å²) in [5.74, 6) is 0. The number of benzene rings is 2. The van der Waals surface area contributed by atoms with E-state index in [0.717, 1.165) is 0 Å². The molecule has 0 bridgehead atoms. The molecule has 0 atom stereocenters. The van der Waals surface area contributed by atoms with Crippen LogP contribution in [-0.2, 0) is 0 Å². The molecule has 3 aromatic rings. The fourth-order valence-corrected chi connectivity index (χ4v) is 11.4. The van der Waals surface area contributed by atoms with Crippen molar-refractivity contribution >= 4 is 49.9 Å². The molecule has 3 rings (SSSR count). The Morgan fingerprint density at radius 3 is 1.63 bits per heavy atom. The number of hydrogen-bond acceptors (Lipinski definition) is 0. The van der Waals surface area contributed by atoms with Gasteiger partial charge in [-0.2, -0.15) is 0 Å². The third-order valence-corrected chi connectivity index (χ3v) is 15.2. The van der Waals surface area contributed by atoms with Gasteiger partial charge in [-0.1, -0.05) is 0 Å². The summed E-state index contributed by atoms with van der Waals surface area (Å²) in [5.41, 5.74) is -1.52. The molecule has 0 radical (unpaired) electrons. The molecule has 94 valence electrons. The Hall–Kier alpha value is -0.611. The van der Waals surface area contributed by atoms with Gasteiger partial charge in [-0.05, 0) is 0 Å².